The maximum Gasteiger partial charge on any atom is 0.141 e. The molecule has 1 aromatic carbocycles. The van der Waals surface area contributed by atoms with E-state index in [-0.39, 0.29) is 5.82 Å². The topological polar surface area (TPSA) is 37.8 Å². The highest BCUT2D eigenvalue weighted by Crippen LogP contribution is 2.17. The molecule has 94 valence electrons. The molecule has 4 heteroatoms. The van der Waals surface area contributed by atoms with Crippen molar-refractivity contribution < 1.29 is 4.39 Å². The van der Waals surface area contributed by atoms with Gasteiger partial charge in [-0.2, -0.15) is 0 Å². The molecule has 1 aromatic heterocycles. The van der Waals surface area contributed by atoms with Crippen LogP contribution in [0, 0.1) is 5.82 Å². The third kappa shape index (κ3) is 3.34. The van der Waals surface area contributed by atoms with Crippen molar-refractivity contribution in [1.82, 2.24) is 15.3 Å². The van der Waals surface area contributed by atoms with E-state index in [1.807, 2.05) is 0 Å². The van der Waals surface area contributed by atoms with E-state index in [1.165, 1.54) is 12.1 Å². The molecular weight excluding hydrogens is 229 g/mol. The van der Waals surface area contributed by atoms with Crippen molar-refractivity contribution in [3.63, 3.8) is 0 Å². The maximum absolute atomic E-state index is 12.8. The summed E-state index contributed by atoms with van der Waals surface area (Å²) in [5, 5.41) is 3.25. The molecule has 2 aromatic rings. The summed E-state index contributed by atoms with van der Waals surface area (Å²) in [7, 11) is 0. The fourth-order valence-corrected chi connectivity index (χ4v) is 1.53. The van der Waals surface area contributed by atoms with E-state index in [9.17, 15) is 4.39 Å². The molecule has 2 rings (SSSR count). The standard InChI is InChI=1S/C14H16FN3/c1-10(2)16-9-14-17-7-12(8-18-14)11-3-5-13(15)6-4-11/h3-8,10,16H,9H2,1-2H3. The molecule has 0 saturated carbocycles. The van der Waals surface area contributed by atoms with Gasteiger partial charge in [-0.25, -0.2) is 14.4 Å². The molecule has 0 aliphatic carbocycles. The van der Waals surface area contributed by atoms with Crippen LogP contribution in [0.2, 0.25) is 0 Å². The Morgan fingerprint density at radius 2 is 1.67 bits per heavy atom. The molecular formula is C14H16FN3. The Balaban J connectivity index is 2.09. The summed E-state index contributed by atoms with van der Waals surface area (Å²) in [6.45, 7) is 4.81. The van der Waals surface area contributed by atoms with Gasteiger partial charge in [0.15, 0.2) is 0 Å². The first-order valence-corrected chi connectivity index (χ1v) is 5.95. The number of rotatable bonds is 4. The molecule has 1 N–H and O–H groups in total. The molecule has 18 heavy (non-hydrogen) atoms. The van der Waals surface area contributed by atoms with Gasteiger partial charge in [-0.05, 0) is 17.7 Å². The summed E-state index contributed by atoms with van der Waals surface area (Å²) in [6, 6.07) is 6.72. The molecule has 3 nitrogen and oxygen atoms in total. The average molecular weight is 245 g/mol. The molecule has 0 bridgehead atoms. The number of aromatic nitrogens is 2. The highest BCUT2D eigenvalue weighted by molar-refractivity contribution is 5.61. The van der Waals surface area contributed by atoms with Crippen LogP contribution in [0.5, 0.6) is 0 Å². The number of benzene rings is 1. The molecule has 1 heterocycles. The van der Waals surface area contributed by atoms with E-state index in [0.29, 0.717) is 12.6 Å². The molecule has 0 aliphatic rings. The van der Waals surface area contributed by atoms with Gasteiger partial charge in [0.1, 0.15) is 11.6 Å². The third-order valence-electron chi connectivity index (χ3n) is 2.55. The van der Waals surface area contributed by atoms with Gasteiger partial charge in [0, 0.05) is 24.0 Å². The van der Waals surface area contributed by atoms with Crippen LogP contribution in [0.25, 0.3) is 11.1 Å². The molecule has 0 saturated heterocycles. The van der Waals surface area contributed by atoms with Gasteiger partial charge in [0.25, 0.3) is 0 Å². The van der Waals surface area contributed by atoms with E-state index in [4.69, 9.17) is 0 Å². The highest BCUT2D eigenvalue weighted by Gasteiger charge is 2.01. The van der Waals surface area contributed by atoms with Crippen LogP contribution in [-0.2, 0) is 6.54 Å². The van der Waals surface area contributed by atoms with Crippen LogP contribution in [0.4, 0.5) is 4.39 Å². The molecule has 0 radical (unpaired) electrons. The van der Waals surface area contributed by atoms with Crippen LogP contribution >= 0.6 is 0 Å². The quantitative estimate of drug-likeness (QED) is 0.900. The van der Waals surface area contributed by atoms with Gasteiger partial charge in [-0.3, -0.25) is 0 Å². The summed E-state index contributed by atoms with van der Waals surface area (Å²) < 4.78 is 12.8. The van der Waals surface area contributed by atoms with Crippen LogP contribution in [0.1, 0.15) is 19.7 Å². The Labute approximate surface area is 106 Å². The fraction of sp³-hybridized carbons (Fsp3) is 0.286. The van der Waals surface area contributed by atoms with Crippen LogP contribution < -0.4 is 5.32 Å². The fourth-order valence-electron chi connectivity index (χ4n) is 1.53. The molecule has 0 unspecified atom stereocenters. The number of hydrogen-bond donors (Lipinski definition) is 1. The van der Waals surface area contributed by atoms with E-state index in [0.717, 1.165) is 17.0 Å². The van der Waals surface area contributed by atoms with Crippen LogP contribution in [0.15, 0.2) is 36.7 Å². The van der Waals surface area contributed by atoms with E-state index in [2.05, 4.69) is 29.1 Å². The summed E-state index contributed by atoms with van der Waals surface area (Å²) in [4.78, 5) is 8.56. The molecule has 0 amide bonds. The third-order valence-corrected chi connectivity index (χ3v) is 2.55. The summed E-state index contributed by atoms with van der Waals surface area (Å²) in [5.41, 5.74) is 1.81. The molecule has 0 atom stereocenters. The van der Waals surface area contributed by atoms with E-state index < -0.39 is 0 Å². The monoisotopic (exact) mass is 245 g/mol. The largest absolute Gasteiger partial charge is 0.308 e. The summed E-state index contributed by atoms with van der Waals surface area (Å²) >= 11 is 0. The lowest BCUT2D eigenvalue weighted by atomic mass is 10.1. The lowest BCUT2D eigenvalue weighted by Gasteiger charge is -2.07. The number of nitrogens with one attached hydrogen (secondary N) is 1. The van der Waals surface area contributed by atoms with Crippen molar-refractivity contribution in [2.24, 2.45) is 0 Å². The highest BCUT2D eigenvalue weighted by atomic mass is 19.1. The van der Waals surface area contributed by atoms with Crippen molar-refractivity contribution in [2.75, 3.05) is 0 Å². The van der Waals surface area contributed by atoms with Crippen molar-refractivity contribution in [3.8, 4) is 11.1 Å². The first-order chi connectivity index (χ1) is 8.65. The zero-order chi connectivity index (χ0) is 13.0. The second-order valence-corrected chi connectivity index (χ2v) is 4.43. The SMILES string of the molecule is CC(C)NCc1ncc(-c2ccc(F)cc2)cn1. The van der Waals surface area contributed by atoms with Gasteiger partial charge >= 0.3 is 0 Å². The Morgan fingerprint density at radius 3 is 2.22 bits per heavy atom. The Kier molecular flexibility index (Phi) is 3.99. The van der Waals surface area contributed by atoms with Gasteiger partial charge in [0.2, 0.25) is 0 Å². The second-order valence-electron chi connectivity index (χ2n) is 4.43. The zero-order valence-electron chi connectivity index (χ0n) is 10.5. The minimum atomic E-state index is -0.238. The Hall–Kier alpha value is -1.81. The average Bonchev–Trinajstić information content (AvgIpc) is 2.38. The van der Waals surface area contributed by atoms with Crippen molar-refractivity contribution in [3.05, 3.63) is 48.3 Å². The molecule has 0 fully saturated rings. The number of halogens is 1. The predicted octanol–water partition coefficient (Wildman–Crippen LogP) is 2.78. The van der Waals surface area contributed by atoms with Crippen molar-refractivity contribution in [2.45, 2.75) is 26.4 Å². The Morgan fingerprint density at radius 1 is 1.06 bits per heavy atom. The summed E-state index contributed by atoms with van der Waals surface area (Å²) in [5.74, 6) is 0.520. The van der Waals surface area contributed by atoms with Crippen molar-refractivity contribution in [1.29, 1.82) is 0 Å². The molecule has 0 spiro atoms. The number of hydrogen-bond acceptors (Lipinski definition) is 3. The van der Waals surface area contributed by atoms with Gasteiger partial charge in [-0.15, -0.1) is 0 Å². The summed E-state index contributed by atoms with van der Waals surface area (Å²) in [6.07, 6.45) is 3.52. The van der Waals surface area contributed by atoms with E-state index in [1.54, 1.807) is 24.5 Å². The van der Waals surface area contributed by atoms with Crippen molar-refractivity contribution >= 4 is 0 Å². The van der Waals surface area contributed by atoms with E-state index >= 15 is 0 Å². The zero-order valence-corrected chi connectivity index (χ0v) is 10.5. The first kappa shape index (κ1) is 12.6. The van der Waals surface area contributed by atoms with Crippen LogP contribution in [0.3, 0.4) is 0 Å². The first-order valence-electron chi connectivity index (χ1n) is 5.95. The van der Waals surface area contributed by atoms with Gasteiger partial charge in [-0.1, -0.05) is 26.0 Å². The minimum Gasteiger partial charge on any atom is -0.308 e. The lowest BCUT2D eigenvalue weighted by Crippen LogP contribution is -2.23. The number of nitrogens with zero attached hydrogens (tertiary/aromatic N) is 2. The lowest BCUT2D eigenvalue weighted by molar-refractivity contribution is 0.572. The maximum atomic E-state index is 12.8. The predicted molar refractivity (Wildman–Crippen MR) is 69.4 cm³/mol. The second kappa shape index (κ2) is 5.69. The molecule has 0 aliphatic heterocycles. The minimum absolute atomic E-state index is 0.238. The normalized spacial score (nSPS) is 10.9. The van der Waals surface area contributed by atoms with Gasteiger partial charge < -0.3 is 5.32 Å². The smallest absolute Gasteiger partial charge is 0.141 e. The van der Waals surface area contributed by atoms with Crippen LogP contribution in [-0.4, -0.2) is 16.0 Å². The van der Waals surface area contributed by atoms with Gasteiger partial charge in [0.05, 0.1) is 6.54 Å². The Bertz CT molecular complexity index is 491.